The van der Waals surface area contributed by atoms with Gasteiger partial charge in [0.1, 0.15) is 11.5 Å². The Labute approximate surface area is 142 Å². The molecule has 0 N–H and O–H groups in total. The first kappa shape index (κ1) is 16.2. The molecule has 0 bridgehead atoms. The van der Waals surface area contributed by atoms with Crippen molar-refractivity contribution < 1.29 is 14.3 Å². The Morgan fingerprint density at radius 2 is 1.67 bits per heavy atom. The molecule has 1 aliphatic heterocycles. The van der Waals surface area contributed by atoms with E-state index in [0.29, 0.717) is 5.75 Å². The van der Waals surface area contributed by atoms with Gasteiger partial charge in [0, 0.05) is 37.9 Å². The summed E-state index contributed by atoms with van der Waals surface area (Å²) >= 11 is 0. The Bertz CT molecular complexity index is 667. The van der Waals surface area contributed by atoms with Crippen LogP contribution in [0, 0.1) is 0 Å². The summed E-state index contributed by atoms with van der Waals surface area (Å²) < 4.78 is 10.7. The Morgan fingerprint density at radius 1 is 0.958 bits per heavy atom. The Morgan fingerprint density at radius 3 is 2.38 bits per heavy atom. The summed E-state index contributed by atoms with van der Waals surface area (Å²) in [6.07, 6.45) is 0. The molecule has 0 aromatic heterocycles. The number of carbonyl (C=O) groups is 1. The summed E-state index contributed by atoms with van der Waals surface area (Å²) in [6, 6.07) is 17.6. The molecule has 5 heteroatoms. The number of anilines is 1. The zero-order valence-corrected chi connectivity index (χ0v) is 13.9. The Hall–Kier alpha value is -2.69. The summed E-state index contributed by atoms with van der Waals surface area (Å²) in [7, 11) is 1.61. The van der Waals surface area contributed by atoms with Crippen LogP contribution in [-0.4, -0.2) is 50.7 Å². The molecule has 1 amide bonds. The van der Waals surface area contributed by atoms with Crippen molar-refractivity contribution in [2.24, 2.45) is 0 Å². The second-order valence-corrected chi connectivity index (χ2v) is 5.67. The minimum absolute atomic E-state index is 0.0190. The van der Waals surface area contributed by atoms with Crippen LogP contribution in [0.4, 0.5) is 5.69 Å². The maximum absolute atomic E-state index is 12.3. The van der Waals surface area contributed by atoms with E-state index in [1.165, 1.54) is 5.69 Å². The number of ether oxygens (including phenoxy) is 2. The number of benzene rings is 2. The maximum Gasteiger partial charge on any atom is 0.260 e. The molecule has 24 heavy (non-hydrogen) atoms. The predicted octanol–water partition coefficient (Wildman–Crippen LogP) is 2.42. The van der Waals surface area contributed by atoms with Crippen LogP contribution in [0.3, 0.4) is 0 Å². The van der Waals surface area contributed by atoms with Crippen molar-refractivity contribution in [1.82, 2.24) is 4.90 Å². The van der Waals surface area contributed by atoms with Gasteiger partial charge in [0.05, 0.1) is 7.11 Å². The molecule has 0 atom stereocenters. The Kier molecular flexibility index (Phi) is 5.21. The van der Waals surface area contributed by atoms with Gasteiger partial charge in [-0.2, -0.15) is 0 Å². The third-order valence-electron chi connectivity index (χ3n) is 4.16. The molecule has 1 fully saturated rings. The number of para-hydroxylation sites is 1. The van der Waals surface area contributed by atoms with E-state index in [4.69, 9.17) is 9.47 Å². The number of piperazine rings is 1. The number of amides is 1. The second kappa shape index (κ2) is 7.73. The second-order valence-electron chi connectivity index (χ2n) is 5.67. The predicted molar refractivity (Wildman–Crippen MR) is 93.7 cm³/mol. The molecule has 1 saturated heterocycles. The first-order chi connectivity index (χ1) is 11.8. The van der Waals surface area contributed by atoms with E-state index in [1.54, 1.807) is 13.2 Å². The van der Waals surface area contributed by atoms with Gasteiger partial charge < -0.3 is 19.3 Å². The largest absolute Gasteiger partial charge is 0.497 e. The summed E-state index contributed by atoms with van der Waals surface area (Å²) in [5, 5.41) is 0. The van der Waals surface area contributed by atoms with Gasteiger partial charge in [-0.3, -0.25) is 4.79 Å². The highest BCUT2D eigenvalue weighted by Gasteiger charge is 2.21. The summed E-state index contributed by atoms with van der Waals surface area (Å²) in [5.74, 6) is 1.38. The lowest BCUT2D eigenvalue weighted by Crippen LogP contribution is -2.50. The number of methoxy groups -OCH3 is 1. The van der Waals surface area contributed by atoms with Crippen molar-refractivity contribution in [2.75, 3.05) is 44.8 Å². The van der Waals surface area contributed by atoms with Crippen LogP contribution >= 0.6 is 0 Å². The van der Waals surface area contributed by atoms with E-state index in [0.717, 1.165) is 31.9 Å². The number of hydrogen-bond acceptors (Lipinski definition) is 4. The minimum Gasteiger partial charge on any atom is -0.497 e. The fraction of sp³-hybridized carbons (Fsp3) is 0.316. The average molecular weight is 326 g/mol. The highest BCUT2D eigenvalue weighted by molar-refractivity contribution is 5.78. The lowest BCUT2D eigenvalue weighted by molar-refractivity contribution is -0.133. The molecular weight excluding hydrogens is 304 g/mol. The highest BCUT2D eigenvalue weighted by Crippen LogP contribution is 2.19. The fourth-order valence-corrected chi connectivity index (χ4v) is 2.78. The van der Waals surface area contributed by atoms with Gasteiger partial charge in [-0.25, -0.2) is 0 Å². The molecular formula is C19H22N2O3. The quantitative estimate of drug-likeness (QED) is 0.846. The van der Waals surface area contributed by atoms with Crippen LogP contribution in [0.2, 0.25) is 0 Å². The molecule has 0 radical (unpaired) electrons. The molecule has 1 aliphatic rings. The van der Waals surface area contributed by atoms with Crippen LogP contribution in [-0.2, 0) is 4.79 Å². The van der Waals surface area contributed by atoms with E-state index < -0.39 is 0 Å². The molecule has 126 valence electrons. The average Bonchev–Trinajstić information content (AvgIpc) is 2.67. The number of carbonyl (C=O) groups excluding carboxylic acids is 1. The smallest absolute Gasteiger partial charge is 0.260 e. The van der Waals surface area contributed by atoms with Crippen molar-refractivity contribution >= 4 is 11.6 Å². The number of hydrogen-bond donors (Lipinski definition) is 0. The molecule has 2 aromatic carbocycles. The van der Waals surface area contributed by atoms with Crippen molar-refractivity contribution in [1.29, 1.82) is 0 Å². The number of rotatable bonds is 5. The van der Waals surface area contributed by atoms with Gasteiger partial charge in [-0.1, -0.05) is 24.3 Å². The van der Waals surface area contributed by atoms with Gasteiger partial charge in [0.15, 0.2) is 6.61 Å². The van der Waals surface area contributed by atoms with Gasteiger partial charge in [0.2, 0.25) is 0 Å². The van der Waals surface area contributed by atoms with Gasteiger partial charge >= 0.3 is 0 Å². The molecule has 0 spiro atoms. The lowest BCUT2D eigenvalue weighted by atomic mass is 10.2. The first-order valence-electron chi connectivity index (χ1n) is 8.11. The molecule has 0 unspecified atom stereocenters. The normalized spacial score (nSPS) is 14.4. The van der Waals surface area contributed by atoms with Crippen LogP contribution < -0.4 is 14.4 Å². The highest BCUT2D eigenvalue weighted by atomic mass is 16.5. The lowest BCUT2D eigenvalue weighted by Gasteiger charge is -2.36. The van der Waals surface area contributed by atoms with E-state index in [1.807, 2.05) is 41.3 Å². The van der Waals surface area contributed by atoms with Gasteiger partial charge in [-0.05, 0) is 24.3 Å². The minimum atomic E-state index is 0.0190. The number of nitrogens with zero attached hydrogens (tertiary/aromatic N) is 2. The van der Waals surface area contributed by atoms with E-state index in [9.17, 15) is 4.79 Å². The first-order valence-corrected chi connectivity index (χ1v) is 8.11. The van der Waals surface area contributed by atoms with E-state index in [2.05, 4.69) is 17.0 Å². The summed E-state index contributed by atoms with van der Waals surface area (Å²) in [5.41, 5.74) is 1.21. The van der Waals surface area contributed by atoms with Crippen molar-refractivity contribution in [3.8, 4) is 11.5 Å². The Balaban J connectivity index is 1.48. The third kappa shape index (κ3) is 3.98. The molecule has 1 heterocycles. The van der Waals surface area contributed by atoms with Crippen molar-refractivity contribution in [2.45, 2.75) is 0 Å². The van der Waals surface area contributed by atoms with Gasteiger partial charge in [0.25, 0.3) is 5.91 Å². The van der Waals surface area contributed by atoms with Gasteiger partial charge in [-0.15, -0.1) is 0 Å². The fourth-order valence-electron chi connectivity index (χ4n) is 2.78. The van der Waals surface area contributed by atoms with Crippen LogP contribution in [0.15, 0.2) is 54.6 Å². The zero-order chi connectivity index (χ0) is 16.8. The molecule has 2 aromatic rings. The maximum atomic E-state index is 12.3. The molecule has 3 rings (SSSR count). The van der Waals surface area contributed by atoms with Crippen LogP contribution in [0.5, 0.6) is 11.5 Å². The van der Waals surface area contributed by atoms with Crippen molar-refractivity contribution in [3.63, 3.8) is 0 Å². The van der Waals surface area contributed by atoms with E-state index in [-0.39, 0.29) is 12.5 Å². The van der Waals surface area contributed by atoms with Crippen LogP contribution in [0.1, 0.15) is 0 Å². The SMILES string of the molecule is COc1cccc(OCC(=O)N2CCN(c3ccccc3)CC2)c1. The van der Waals surface area contributed by atoms with Crippen LogP contribution in [0.25, 0.3) is 0 Å². The third-order valence-corrected chi connectivity index (χ3v) is 4.16. The zero-order valence-electron chi connectivity index (χ0n) is 13.9. The summed E-state index contributed by atoms with van der Waals surface area (Å²) in [6.45, 7) is 3.17. The molecule has 5 nitrogen and oxygen atoms in total. The molecule has 0 saturated carbocycles. The summed E-state index contributed by atoms with van der Waals surface area (Å²) in [4.78, 5) is 16.5. The topological polar surface area (TPSA) is 42.0 Å². The van der Waals surface area contributed by atoms with E-state index >= 15 is 0 Å². The monoisotopic (exact) mass is 326 g/mol. The van der Waals surface area contributed by atoms with Crippen molar-refractivity contribution in [3.05, 3.63) is 54.6 Å². The molecule has 0 aliphatic carbocycles. The standard InChI is InChI=1S/C19H22N2O3/c1-23-17-8-5-9-18(14-17)24-15-19(22)21-12-10-20(11-13-21)16-6-3-2-4-7-16/h2-9,14H,10-13,15H2,1H3.